The number of carbonyl (C=O) groups excluding carboxylic acids is 2. The number of ether oxygens (including phenoxy) is 1. The van der Waals surface area contributed by atoms with Crippen molar-refractivity contribution < 1.29 is 19.4 Å². The number of nitrogens with one attached hydrogen (secondary N) is 1. The molecule has 0 aliphatic carbocycles. The van der Waals surface area contributed by atoms with Crippen LogP contribution in [0.1, 0.15) is 20.3 Å². The van der Waals surface area contributed by atoms with Gasteiger partial charge in [-0.3, -0.25) is 4.79 Å². The first kappa shape index (κ1) is 14.7. The fourth-order valence-corrected chi connectivity index (χ4v) is 0.977. The molecule has 0 aromatic carbocycles. The zero-order chi connectivity index (χ0) is 12.6. The van der Waals surface area contributed by atoms with Gasteiger partial charge in [0.15, 0.2) is 0 Å². The number of nitrogens with zero attached hydrogens (tertiary/aromatic N) is 1. The molecule has 2 N–H and O–H groups in total. The third-order valence-corrected chi connectivity index (χ3v) is 1.92. The lowest BCUT2D eigenvalue weighted by Gasteiger charge is -2.18. The van der Waals surface area contributed by atoms with Gasteiger partial charge in [-0.25, -0.2) is 4.79 Å². The first-order chi connectivity index (χ1) is 7.47. The Kier molecular flexibility index (Phi) is 7.28. The molecule has 0 saturated carbocycles. The number of carbonyl (C=O) groups is 2. The van der Waals surface area contributed by atoms with Gasteiger partial charge < -0.3 is 20.1 Å². The smallest absolute Gasteiger partial charge is 0.325 e. The first-order valence-corrected chi connectivity index (χ1v) is 5.30. The summed E-state index contributed by atoms with van der Waals surface area (Å²) >= 11 is 0. The monoisotopic (exact) mass is 232 g/mol. The lowest BCUT2D eigenvalue weighted by Crippen LogP contribution is -2.41. The molecular weight excluding hydrogens is 212 g/mol. The molecule has 94 valence electrons. The van der Waals surface area contributed by atoms with Crippen LogP contribution in [-0.2, 0) is 9.53 Å². The molecule has 1 unspecified atom stereocenters. The summed E-state index contributed by atoms with van der Waals surface area (Å²) in [5.74, 6) is -0.459. The molecule has 6 heteroatoms. The first-order valence-electron chi connectivity index (χ1n) is 5.30. The summed E-state index contributed by atoms with van der Waals surface area (Å²) in [6, 6.07) is -0.353. The van der Waals surface area contributed by atoms with Gasteiger partial charge in [-0.2, -0.15) is 0 Å². The van der Waals surface area contributed by atoms with E-state index in [-0.39, 0.29) is 12.6 Å². The number of rotatable bonds is 6. The molecule has 1 atom stereocenters. The van der Waals surface area contributed by atoms with E-state index in [4.69, 9.17) is 5.11 Å². The molecule has 0 aromatic heterocycles. The molecule has 6 nitrogen and oxygen atoms in total. The van der Waals surface area contributed by atoms with E-state index in [0.717, 1.165) is 0 Å². The standard InChI is InChI=1S/C10H20N2O4/c1-4-16-9(14)7-11-10(15)12(3)6-5-8(2)13/h8,13H,4-7H2,1-3H3,(H,11,15). The van der Waals surface area contributed by atoms with Crippen molar-refractivity contribution in [2.24, 2.45) is 0 Å². The minimum atomic E-state index is -0.459. The topological polar surface area (TPSA) is 78.9 Å². The van der Waals surface area contributed by atoms with Crippen molar-refractivity contribution in [2.45, 2.75) is 26.4 Å². The number of hydrogen-bond donors (Lipinski definition) is 2. The highest BCUT2D eigenvalue weighted by Gasteiger charge is 2.10. The van der Waals surface area contributed by atoms with Gasteiger partial charge >= 0.3 is 12.0 Å². The van der Waals surface area contributed by atoms with Crippen LogP contribution in [0.25, 0.3) is 0 Å². The second-order valence-corrected chi connectivity index (χ2v) is 3.52. The second kappa shape index (κ2) is 7.92. The molecule has 16 heavy (non-hydrogen) atoms. The average molecular weight is 232 g/mol. The Balaban J connectivity index is 3.74. The molecule has 0 aromatic rings. The summed E-state index contributed by atoms with van der Waals surface area (Å²) in [5, 5.41) is 11.5. The zero-order valence-electron chi connectivity index (χ0n) is 10.0. The summed E-state index contributed by atoms with van der Waals surface area (Å²) in [5.41, 5.74) is 0. The Labute approximate surface area is 95.6 Å². The third-order valence-electron chi connectivity index (χ3n) is 1.92. The van der Waals surface area contributed by atoms with Gasteiger partial charge in [-0.1, -0.05) is 0 Å². The molecule has 2 amide bonds. The van der Waals surface area contributed by atoms with E-state index in [1.807, 2.05) is 0 Å². The van der Waals surface area contributed by atoms with Crippen LogP contribution in [0, 0.1) is 0 Å². The molecule has 0 spiro atoms. The van der Waals surface area contributed by atoms with Crippen LogP contribution >= 0.6 is 0 Å². The van der Waals surface area contributed by atoms with Crippen LogP contribution in [0.4, 0.5) is 4.79 Å². The van der Waals surface area contributed by atoms with Gasteiger partial charge in [0.05, 0.1) is 12.7 Å². The predicted molar refractivity (Wildman–Crippen MR) is 59.0 cm³/mol. The third kappa shape index (κ3) is 7.05. The lowest BCUT2D eigenvalue weighted by molar-refractivity contribution is -0.141. The van der Waals surface area contributed by atoms with Crippen LogP contribution in [0.2, 0.25) is 0 Å². The number of aliphatic hydroxyl groups is 1. The van der Waals surface area contributed by atoms with E-state index in [1.165, 1.54) is 4.90 Å². The molecule has 0 saturated heterocycles. The van der Waals surface area contributed by atoms with Crippen molar-refractivity contribution in [3.05, 3.63) is 0 Å². The maximum atomic E-state index is 11.4. The molecular formula is C10H20N2O4. The van der Waals surface area contributed by atoms with Gasteiger partial charge in [-0.15, -0.1) is 0 Å². The minimum Gasteiger partial charge on any atom is -0.465 e. The Morgan fingerprint density at radius 1 is 1.50 bits per heavy atom. The van der Waals surface area contributed by atoms with Crippen LogP contribution in [0.3, 0.4) is 0 Å². The quantitative estimate of drug-likeness (QED) is 0.630. The van der Waals surface area contributed by atoms with E-state index in [9.17, 15) is 9.59 Å². The van der Waals surface area contributed by atoms with Gasteiger partial charge in [-0.05, 0) is 20.3 Å². The van der Waals surface area contributed by atoms with Crippen molar-refractivity contribution in [1.29, 1.82) is 0 Å². The van der Waals surface area contributed by atoms with Crippen molar-refractivity contribution in [3.8, 4) is 0 Å². The maximum Gasteiger partial charge on any atom is 0.325 e. The van der Waals surface area contributed by atoms with E-state index in [0.29, 0.717) is 19.6 Å². The number of esters is 1. The SMILES string of the molecule is CCOC(=O)CNC(=O)N(C)CCC(C)O. The van der Waals surface area contributed by atoms with Crippen molar-refractivity contribution in [2.75, 3.05) is 26.7 Å². The van der Waals surface area contributed by atoms with E-state index >= 15 is 0 Å². The highest BCUT2D eigenvalue weighted by Crippen LogP contribution is 1.93. The van der Waals surface area contributed by atoms with Crippen LogP contribution in [-0.4, -0.2) is 54.9 Å². The van der Waals surface area contributed by atoms with Crippen LogP contribution < -0.4 is 5.32 Å². The van der Waals surface area contributed by atoms with Crippen molar-refractivity contribution in [1.82, 2.24) is 10.2 Å². The Bertz CT molecular complexity index is 231. The summed E-state index contributed by atoms with van der Waals surface area (Å²) in [7, 11) is 1.60. The highest BCUT2D eigenvalue weighted by molar-refractivity contribution is 5.80. The molecule has 0 aliphatic rings. The minimum absolute atomic E-state index is 0.133. The summed E-state index contributed by atoms with van der Waals surface area (Å²) in [4.78, 5) is 23.7. The van der Waals surface area contributed by atoms with Gasteiger partial charge in [0.1, 0.15) is 6.54 Å². The maximum absolute atomic E-state index is 11.4. The summed E-state index contributed by atoms with van der Waals surface area (Å²) < 4.78 is 4.66. The number of aliphatic hydroxyl groups excluding tert-OH is 1. The fraction of sp³-hybridized carbons (Fsp3) is 0.800. The second-order valence-electron chi connectivity index (χ2n) is 3.52. The van der Waals surface area contributed by atoms with Gasteiger partial charge in [0.25, 0.3) is 0 Å². The molecule has 0 radical (unpaired) electrons. The van der Waals surface area contributed by atoms with E-state index in [1.54, 1.807) is 20.9 Å². The van der Waals surface area contributed by atoms with Crippen molar-refractivity contribution >= 4 is 12.0 Å². The summed E-state index contributed by atoms with van der Waals surface area (Å²) in [6.45, 7) is 3.96. The number of hydrogen-bond acceptors (Lipinski definition) is 4. The Hall–Kier alpha value is -1.30. The average Bonchev–Trinajstić information content (AvgIpc) is 2.22. The van der Waals surface area contributed by atoms with Gasteiger partial charge in [0, 0.05) is 13.6 Å². The van der Waals surface area contributed by atoms with Crippen LogP contribution in [0.15, 0.2) is 0 Å². The largest absolute Gasteiger partial charge is 0.465 e. The fourth-order valence-electron chi connectivity index (χ4n) is 0.977. The molecule has 0 fully saturated rings. The normalized spacial score (nSPS) is 11.8. The molecule has 0 bridgehead atoms. The Morgan fingerprint density at radius 3 is 2.62 bits per heavy atom. The molecule has 0 aliphatic heterocycles. The van der Waals surface area contributed by atoms with Gasteiger partial charge in [0.2, 0.25) is 0 Å². The predicted octanol–water partition coefficient (Wildman–Crippen LogP) is -0.0382. The lowest BCUT2D eigenvalue weighted by atomic mass is 10.3. The molecule has 0 heterocycles. The summed E-state index contributed by atoms with van der Waals surface area (Å²) in [6.07, 6.45) is 0.0591. The number of amides is 2. The van der Waals surface area contributed by atoms with Crippen LogP contribution in [0.5, 0.6) is 0 Å². The van der Waals surface area contributed by atoms with E-state index in [2.05, 4.69) is 10.1 Å². The zero-order valence-corrected chi connectivity index (χ0v) is 10.0. The van der Waals surface area contributed by atoms with Crippen molar-refractivity contribution in [3.63, 3.8) is 0 Å². The highest BCUT2D eigenvalue weighted by atomic mass is 16.5. The van der Waals surface area contributed by atoms with E-state index < -0.39 is 12.1 Å². The number of urea groups is 1. The Morgan fingerprint density at radius 2 is 2.12 bits per heavy atom. The molecule has 0 rings (SSSR count).